The molecular formula is C19H34N4OS. The molecule has 2 rings (SSSR count). The molecule has 0 radical (unpaired) electrons. The highest BCUT2D eigenvalue weighted by atomic mass is 32.1. The van der Waals surface area contributed by atoms with Crippen molar-refractivity contribution >= 4 is 17.3 Å². The van der Waals surface area contributed by atoms with Crippen LogP contribution in [0, 0.1) is 13.8 Å². The number of aromatic nitrogens is 1. The second kappa shape index (κ2) is 10.1. The van der Waals surface area contributed by atoms with Gasteiger partial charge in [-0.2, -0.15) is 0 Å². The van der Waals surface area contributed by atoms with Gasteiger partial charge < -0.3 is 15.4 Å². The van der Waals surface area contributed by atoms with Gasteiger partial charge >= 0.3 is 0 Å². The van der Waals surface area contributed by atoms with Crippen molar-refractivity contribution < 1.29 is 4.74 Å². The number of rotatable bonds is 8. The molecule has 0 aromatic carbocycles. The standard InChI is InChI=1S/C19H34N4OS/c1-5-13-24-19(10-7-6-8-11-19)14-22-18(20-4)21-12-9-17-23-15(2)16(3)25-17/h5-14H2,1-4H3,(H2,20,21,22). The highest BCUT2D eigenvalue weighted by Gasteiger charge is 2.32. The number of ether oxygens (including phenoxy) is 1. The zero-order chi connectivity index (χ0) is 18.1. The smallest absolute Gasteiger partial charge is 0.191 e. The minimum Gasteiger partial charge on any atom is -0.373 e. The van der Waals surface area contributed by atoms with Gasteiger partial charge in [0.25, 0.3) is 0 Å². The summed E-state index contributed by atoms with van der Waals surface area (Å²) in [5, 5.41) is 8.09. The average molecular weight is 367 g/mol. The lowest BCUT2D eigenvalue weighted by Crippen LogP contribution is -2.50. The molecule has 0 unspecified atom stereocenters. The molecule has 0 bridgehead atoms. The maximum atomic E-state index is 6.25. The topological polar surface area (TPSA) is 58.5 Å². The van der Waals surface area contributed by atoms with Crippen LogP contribution < -0.4 is 10.6 Å². The number of hydrogen-bond acceptors (Lipinski definition) is 4. The van der Waals surface area contributed by atoms with E-state index >= 15 is 0 Å². The zero-order valence-corrected chi connectivity index (χ0v) is 17.1. The van der Waals surface area contributed by atoms with E-state index < -0.39 is 0 Å². The van der Waals surface area contributed by atoms with Crippen LogP contribution in [0.2, 0.25) is 0 Å². The summed E-state index contributed by atoms with van der Waals surface area (Å²) in [7, 11) is 1.83. The number of aryl methyl sites for hydroxylation is 2. The van der Waals surface area contributed by atoms with E-state index in [1.165, 1.54) is 29.1 Å². The lowest BCUT2D eigenvalue weighted by molar-refractivity contribution is -0.0657. The van der Waals surface area contributed by atoms with Crippen molar-refractivity contribution in [3.63, 3.8) is 0 Å². The van der Waals surface area contributed by atoms with Crippen molar-refractivity contribution in [1.29, 1.82) is 0 Å². The Morgan fingerprint density at radius 2 is 2.00 bits per heavy atom. The van der Waals surface area contributed by atoms with E-state index in [1.54, 1.807) is 11.3 Å². The SMILES string of the molecule is CCCOC1(CNC(=NC)NCCc2nc(C)c(C)s2)CCCCC1. The van der Waals surface area contributed by atoms with Gasteiger partial charge in [-0.15, -0.1) is 11.3 Å². The minimum atomic E-state index is -0.0184. The van der Waals surface area contributed by atoms with Crippen LogP contribution in [0.3, 0.4) is 0 Å². The fourth-order valence-corrected chi connectivity index (χ4v) is 4.22. The van der Waals surface area contributed by atoms with Gasteiger partial charge in [-0.05, 0) is 33.1 Å². The molecule has 0 amide bonds. The molecule has 1 aromatic rings. The Kier molecular flexibility index (Phi) is 8.16. The Hall–Kier alpha value is -1.14. The van der Waals surface area contributed by atoms with Crippen LogP contribution in [-0.4, -0.2) is 43.3 Å². The lowest BCUT2D eigenvalue weighted by Gasteiger charge is -2.37. The lowest BCUT2D eigenvalue weighted by atomic mass is 9.84. The van der Waals surface area contributed by atoms with Crippen molar-refractivity contribution in [2.24, 2.45) is 4.99 Å². The predicted octanol–water partition coefficient (Wildman–Crippen LogP) is 3.60. The summed E-state index contributed by atoms with van der Waals surface area (Å²) in [5.74, 6) is 0.857. The van der Waals surface area contributed by atoms with Gasteiger partial charge in [-0.1, -0.05) is 26.2 Å². The van der Waals surface area contributed by atoms with Crippen LogP contribution in [0.1, 0.15) is 61.0 Å². The van der Waals surface area contributed by atoms with Gasteiger partial charge in [0.05, 0.1) is 16.3 Å². The van der Waals surface area contributed by atoms with Crippen molar-refractivity contribution in [3.05, 3.63) is 15.6 Å². The molecule has 2 N–H and O–H groups in total. The third kappa shape index (κ3) is 6.26. The van der Waals surface area contributed by atoms with Crippen molar-refractivity contribution in [2.45, 2.75) is 71.3 Å². The van der Waals surface area contributed by atoms with E-state index in [0.717, 1.165) is 57.0 Å². The van der Waals surface area contributed by atoms with E-state index in [4.69, 9.17) is 4.74 Å². The monoisotopic (exact) mass is 366 g/mol. The molecular weight excluding hydrogens is 332 g/mol. The molecule has 0 aliphatic heterocycles. The third-order valence-corrected chi connectivity index (χ3v) is 6.02. The predicted molar refractivity (Wildman–Crippen MR) is 107 cm³/mol. The molecule has 5 nitrogen and oxygen atoms in total. The number of hydrogen-bond donors (Lipinski definition) is 2. The van der Waals surface area contributed by atoms with E-state index in [9.17, 15) is 0 Å². The summed E-state index contributed by atoms with van der Waals surface area (Å²) in [4.78, 5) is 10.3. The van der Waals surface area contributed by atoms with E-state index in [1.807, 2.05) is 7.05 Å². The Bertz CT molecular complexity index is 530. The number of guanidine groups is 1. The van der Waals surface area contributed by atoms with Crippen molar-refractivity contribution in [1.82, 2.24) is 15.6 Å². The molecule has 0 spiro atoms. The summed E-state index contributed by atoms with van der Waals surface area (Å²) in [6.45, 7) is 8.90. The van der Waals surface area contributed by atoms with Crippen LogP contribution >= 0.6 is 11.3 Å². The van der Waals surface area contributed by atoms with Crippen LogP contribution in [-0.2, 0) is 11.2 Å². The molecule has 142 valence electrons. The summed E-state index contributed by atoms with van der Waals surface area (Å²) in [6, 6.07) is 0. The minimum absolute atomic E-state index is 0.0184. The first-order valence-corrected chi connectivity index (χ1v) is 10.4. The van der Waals surface area contributed by atoms with E-state index in [2.05, 4.69) is 41.4 Å². The first-order chi connectivity index (χ1) is 12.1. The second-order valence-electron chi connectivity index (χ2n) is 6.94. The molecule has 25 heavy (non-hydrogen) atoms. The number of nitrogens with one attached hydrogen (secondary N) is 2. The van der Waals surface area contributed by atoms with Gasteiger partial charge in [0.1, 0.15) is 0 Å². The summed E-state index contributed by atoms with van der Waals surface area (Å²) < 4.78 is 6.25. The largest absolute Gasteiger partial charge is 0.373 e. The second-order valence-corrected chi connectivity index (χ2v) is 8.23. The quantitative estimate of drug-likeness (QED) is 0.545. The van der Waals surface area contributed by atoms with Crippen LogP contribution in [0.4, 0.5) is 0 Å². The van der Waals surface area contributed by atoms with Crippen molar-refractivity contribution in [3.8, 4) is 0 Å². The Morgan fingerprint density at radius 1 is 1.24 bits per heavy atom. The Balaban J connectivity index is 1.79. The molecule has 0 atom stereocenters. The van der Waals surface area contributed by atoms with Crippen LogP contribution in [0.5, 0.6) is 0 Å². The molecule has 1 saturated carbocycles. The Labute approximate surface area is 156 Å². The van der Waals surface area contributed by atoms with E-state index in [-0.39, 0.29) is 5.60 Å². The van der Waals surface area contributed by atoms with Crippen molar-refractivity contribution in [2.75, 3.05) is 26.7 Å². The van der Waals surface area contributed by atoms with Gasteiger partial charge in [-0.3, -0.25) is 4.99 Å². The number of aliphatic imine (C=N–C) groups is 1. The highest BCUT2D eigenvalue weighted by Crippen LogP contribution is 2.31. The summed E-state index contributed by atoms with van der Waals surface area (Å²) in [5.41, 5.74) is 1.13. The maximum absolute atomic E-state index is 6.25. The molecule has 6 heteroatoms. The normalized spacial score (nSPS) is 17.5. The fraction of sp³-hybridized carbons (Fsp3) is 0.789. The first kappa shape index (κ1) is 20.2. The van der Waals surface area contributed by atoms with Gasteiger partial charge in [0.15, 0.2) is 5.96 Å². The van der Waals surface area contributed by atoms with Gasteiger partial charge in [0, 0.05) is 38.0 Å². The molecule has 1 fully saturated rings. The first-order valence-electron chi connectivity index (χ1n) is 9.60. The summed E-state index contributed by atoms with van der Waals surface area (Å²) in [6.07, 6.45) is 8.15. The number of nitrogens with zero attached hydrogens (tertiary/aromatic N) is 2. The number of thiazole rings is 1. The molecule has 1 heterocycles. The van der Waals surface area contributed by atoms with Gasteiger partial charge in [-0.25, -0.2) is 4.98 Å². The van der Waals surface area contributed by atoms with Crippen LogP contribution in [0.15, 0.2) is 4.99 Å². The molecule has 1 aromatic heterocycles. The van der Waals surface area contributed by atoms with Gasteiger partial charge in [0.2, 0.25) is 0 Å². The summed E-state index contributed by atoms with van der Waals surface area (Å²) >= 11 is 1.79. The molecule has 0 saturated heterocycles. The third-order valence-electron chi connectivity index (χ3n) is 4.88. The fourth-order valence-electron chi connectivity index (χ4n) is 3.29. The highest BCUT2D eigenvalue weighted by molar-refractivity contribution is 7.11. The molecule has 1 aliphatic carbocycles. The van der Waals surface area contributed by atoms with Crippen LogP contribution in [0.25, 0.3) is 0 Å². The zero-order valence-electron chi connectivity index (χ0n) is 16.3. The average Bonchev–Trinajstić information content (AvgIpc) is 2.95. The Morgan fingerprint density at radius 3 is 2.60 bits per heavy atom. The van der Waals surface area contributed by atoms with E-state index in [0.29, 0.717) is 0 Å². The molecule has 1 aliphatic rings. The maximum Gasteiger partial charge on any atom is 0.191 e.